The maximum Gasteiger partial charge on any atom is 0.258 e. The second-order valence-electron chi connectivity index (χ2n) is 7.86. The van der Waals surface area contributed by atoms with Gasteiger partial charge in [0.15, 0.2) is 12.3 Å². The number of nitrogens with zero attached hydrogens (tertiary/aromatic N) is 3. The fraction of sp³-hybridized carbons (Fsp3) is 0.650. The van der Waals surface area contributed by atoms with Crippen molar-refractivity contribution in [3.63, 3.8) is 0 Å². The van der Waals surface area contributed by atoms with Crippen LogP contribution in [-0.2, 0) is 11.8 Å². The van der Waals surface area contributed by atoms with Gasteiger partial charge < -0.3 is 10.1 Å². The van der Waals surface area contributed by atoms with Gasteiger partial charge in [-0.3, -0.25) is 9.48 Å². The predicted octanol–water partition coefficient (Wildman–Crippen LogP) is 3.23. The van der Waals surface area contributed by atoms with E-state index >= 15 is 0 Å². The van der Waals surface area contributed by atoms with Crippen LogP contribution in [0, 0.1) is 12.8 Å². The molecule has 0 radical (unpaired) electrons. The number of nitrogens with one attached hydrogen (secondary N) is 1. The Morgan fingerprint density at radius 1 is 1.27 bits per heavy atom. The fourth-order valence-electron chi connectivity index (χ4n) is 3.99. The van der Waals surface area contributed by atoms with E-state index in [0.29, 0.717) is 17.7 Å². The van der Waals surface area contributed by atoms with E-state index in [9.17, 15) is 4.79 Å². The summed E-state index contributed by atoms with van der Waals surface area (Å²) < 4.78 is 7.50. The van der Waals surface area contributed by atoms with Crippen LogP contribution >= 0.6 is 0 Å². The van der Waals surface area contributed by atoms with Gasteiger partial charge in [-0.1, -0.05) is 19.3 Å². The van der Waals surface area contributed by atoms with Gasteiger partial charge in [0.25, 0.3) is 5.91 Å². The molecule has 140 valence electrons. The van der Waals surface area contributed by atoms with Gasteiger partial charge in [-0.25, -0.2) is 0 Å². The van der Waals surface area contributed by atoms with E-state index in [0.717, 1.165) is 28.8 Å². The molecule has 1 amide bonds. The van der Waals surface area contributed by atoms with E-state index in [2.05, 4.69) is 22.3 Å². The Kier molecular flexibility index (Phi) is 4.83. The monoisotopic (exact) mass is 356 g/mol. The van der Waals surface area contributed by atoms with Gasteiger partial charge in [0.1, 0.15) is 0 Å². The van der Waals surface area contributed by atoms with Crippen molar-refractivity contribution in [1.29, 1.82) is 0 Å². The Morgan fingerprint density at radius 3 is 2.77 bits per heavy atom. The van der Waals surface area contributed by atoms with E-state index in [-0.39, 0.29) is 12.5 Å². The summed E-state index contributed by atoms with van der Waals surface area (Å²) in [6.45, 7) is 2.84. The highest BCUT2D eigenvalue weighted by atomic mass is 16.5. The molecule has 26 heavy (non-hydrogen) atoms. The molecule has 2 heterocycles. The molecular formula is C20H28N4O2. The normalized spacial score (nSPS) is 18.2. The van der Waals surface area contributed by atoms with E-state index in [1.165, 1.54) is 44.9 Å². The largest absolute Gasteiger partial charge is 0.468 e. The molecule has 2 fully saturated rings. The third kappa shape index (κ3) is 3.69. The number of fused-ring (bicyclic) bond motifs is 1. The van der Waals surface area contributed by atoms with Gasteiger partial charge in [0, 0.05) is 31.0 Å². The number of aryl methyl sites for hydroxylation is 2. The molecule has 0 aliphatic heterocycles. The van der Waals surface area contributed by atoms with Gasteiger partial charge in [-0.15, -0.1) is 0 Å². The highest BCUT2D eigenvalue weighted by Crippen LogP contribution is 2.43. The molecule has 0 saturated heterocycles. The van der Waals surface area contributed by atoms with Crippen LogP contribution in [-0.4, -0.2) is 33.8 Å². The number of carbonyl (C=O) groups excluding carboxylic acids is 1. The summed E-state index contributed by atoms with van der Waals surface area (Å²) in [6, 6.07) is 1.92. The van der Waals surface area contributed by atoms with Gasteiger partial charge in [-0.05, 0) is 44.1 Å². The van der Waals surface area contributed by atoms with Crippen LogP contribution in [0.15, 0.2) is 6.07 Å². The number of hydrogen-bond acceptors (Lipinski definition) is 4. The molecule has 0 bridgehead atoms. The lowest BCUT2D eigenvalue weighted by atomic mass is 9.89. The van der Waals surface area contributed by atoms with Crippen LogP contribution in [0.25, 0.3) is 11.0 Å². The topological polar surface area (TPSA) is 69.0 Å². The number of hydrogen-bond donors (Lipinski definition) is 1. The number of aromatic nitrogens is 3. The lowest BCUT2D eigenvalue weighted by Gasteiger charge is -2.21. The molecule has 0 aromatic carbocycles. The summed E-state index contributed by atoms with van der Waals surface area (Å²) >= 11 is 0. The van der Waals surface area contributed by atoms with Crippen LogP contribution in [0.5, 0.6) is 5.88 Å². The minimum absolute atomic E-state index is 0.0119. The van der Waals surface area contributed by atoms with Crippen molar-refractivity contribution in [3.8, 4) is 5.88 Å². The van der Waals surface area contributed by atoms with Crippen LogP contribution < -0.4 is 10.1 Å². The SMILES string of the molecule is Cc1cc(OCC(=O)NCC2CCCCC2)nc2c1c(C1CC1)nn2C. The average molecular weight is 356 g/mol. The Labute approximate surface area is 154 Å². The highest BCUT2D eigenvalue weighted by Gasteiger charge is 2.30. The van der Waals surface area contributed by atoms with Crippen molar-refractivity contribution >= 4 is 16.9 Å². The summed E-state index contributed by atoms with van der Waals surface area (Å²) in [4.78, 5) is 16.7. The first-order chi connectivity index (χ1) is 12.6. The van der Waals surface area contributed by atoms with Crippen LogP contribution in [0.1, 0.15) is 62.1 Å². The maximum atomic E-state index is 12.1. The summed E-state index contributed by atoms with van der Waals surface area (Å²) in [5.41, 5.74) is 3.11. The smallest absolute Gasteiger partial charge is 0.258 e. The summed E-state index contributed by atoms with van der Waals surface area (Å²) in [5.74, 6) is 1.63. The number of pyridine rings is 1. The highest BCUT2D eigenvalue weighted by molar-refractivity contribution is 5.84. The molecule has 2 saturated carbocycles. The predicted molar refractivity (Wildman–Crippen MR) is 100 cm³/mol. The summed E-state index contributed by atoms with van der Waals surface area (Å²) in [7, 11) is 1.92. The zero-order chi connectivity index (χ0) is 18.1. The summed E-state index contributed by atoms with van der Waals surface area (Å²) in [6.07, 6.45) is 8.78. The number of rotatable bonds is 6. The molecule has 1 N–H and O–H groups in total. The second kappa shape index (κ2) is 7.25. The molecule has 4 rings (SSSR count). The van der Waals surface area contributed by atoms with Gasteiger partial charge in [0.2, 0.25) is 5.88 Å². The van der Waals surface area contributed by atoms with Crippen molar-refractivity contribution in [1.82, 2.24) is 20.1 Å². The molecule has 2 aliphatic rings. The Hall–Kier alpha value is -2.11. The van der Waals surface area contributed by atoms with Crippen LogP contribution in [0.4, 0.5) is 0 Å². The van der Waals surface area contributed by atoms with E-state index < -0.39 is 0 Å². The molecular weight excluding hydrogens is 328 g/mol. The summed E-state index contributed by atoms with van der Waals surface area (Å²) in [5, 5.41) is 8.80. The van der Waals surface area contributed by atoms with Crippen LogP contribution in [0.3, 0.4) is 0 Å². The standard InChI is InChI=1S/C20H28N4O2/c1-13-10-17(22-20-18(13)19(15-8-9-15)23-24(20)2)26-12-16(25)21-11-14-6-4-3-5-7-14/h10,14-15H,3-9,11-12H2,1-2H3,(H,21,25). The first-order valence-corrected chi connectivity index (χ1v) is 9.85. The molecule has 6 nitrogen and oxygen atoms in total. The number of carbonyl (C=O) groups is 1. The molecule has 6 heteroatoms. The fourth-order valence-corrected chi connectivity index (χ4v) is 3.99. The average Bonchev–Trinajstić information content (AvgIpc) is 3.43. The molecule has 2 aliphatic carbocycles. The van der Waals surface area contributed by atoms with Crippen LogP contribution in [0.2, 0.25) is 0 Å². The van der Waals surface area contributed by atoms with Crippen molar-refractivity contribution in [2.45, 2.75) is 57.8 Å². The first kappa shape index (κ1) is 17.3. The van der Waals surface area contributed by atoms with E-state index in [1.54, 1.807) is 0 Å². The van der Waals surface area contributed by atoms with E-state index in [1.807, 2.05) is 17.8 Å². The zero-order valence-corrected chi connectivity index (χ0v) is 15.8. The molecule has 2 aromatic rings. The third-order valence-electron chi connectivity index (χ3n) is 5.62. The number of amides is 1. The Bertz CT molecular complexity index is 804. The molecule has 2 aromatic heterocycles. The van der Waals surface area contributed by atoms with E-state index in [4.69, 9.17) is 4.74 Å². The van der Waals surface area contributed by atoms with Gasteiger partial charge >= 0.3 is 0 Å². The van der Waals surface area contributed by atoms with Gasteiger partial charge in [0.05, 0.1) is 5.69 Å². The molecule has 0 atom stereocenters. The van der Waals surface area contributed by atoms with Gasteiger partial charge in [-0.2, -0.15) is 10.1 Å². The first-order valence-electron chi connectivity index (χ1n) is 9.85. The third-order valence-corrected chi connectivity index (χ3v) is 5.62. The second-order valence-corrected chi connectivity index (χ2v) is 7.86. The minimum atomic E-state index is -0.0706. The lowest BCUT2D eigenvalue weighted by molar-refractivity contribution is -0.123. The van der Waals surface area contributed by atoms with Crippen molar-refractivity contribution in [2.24, 2.45) is 13.0 Å². The molecule has 0 unspecified atom stereocenters. The van der Waals surface area contributed by atoms with Crippen molar-refractivity contribution in [3.05, 3.63) is 17.3 Å². The quantitative estimate of drug-likeness (QED) is 0.863. The maximum absolute atomic E-state index is 12.1. The Morgan fingerprint density at radius 2 is 2.04 bits per heavy atom. The minimum Gasteiger partial charge on any atom is -0.468 e. The zero-order valence-electron chi connectivity index (χ0n) is 15.8. The van der Waals surface area contributed by atoms with Crippen molar-refractivity contribution < 1.29 is 9.53 Å². The lowest BCUT2D eigenvalue weighted by Crippen LogP contribution is -2.33. The number of ether oxygens (including phenoxy) is 1. The molecule has 0 spiro atoms. The Balaban J connectivity index is 1.38. The van der Waals surface area contributed by atoms with Crippen molar-refractivity contribution in [2.75, 3.05) is 13.2 Å².